The van der Waals surface area contributed by atoms with Gasteiger partial charge in [-0.1, -0.05) is 68.3 Å². The van der Waals surface area contributed by atoms with Gasteiger partial charge in [-0.05, 0) is 42.9 Å². The Balaban J connectivity index is 1.36. The second kappa shape index (κ2) is 10.0. The number of tetrazole rings is 1. The molecule has 0 atom stereocenters. The van der Waals surface area contributed by atoms with Gasteiger partial charge in [-0.2, -0.15) is 5.21 Å². The van der Waals surface area contributed by atoms with E-state index in [4.69, 9.17) is 4.74 Å². The van der Waals surface area contributed by atoms with Crippen LogP contribution in [0.3, 0.4) is 0 Å². The van der Waals surface area contributed by atoms with Gasteiger partial charge in [0.2, 0.25) is 0 Å². The zero-order valence-corrected chi connectivity index (χ0v) is 17.3. The van der Waals surface area contributed by atoms with Gasteiger partial charge in [0, 0.05) is 11.5 Å². The number of aromatic amines is 1. The number of ether oxygens (including phenoxy) is 1. The lowest BCUT2D eigenvalue weighted by atomic mass is 9.86. The van der Waals surface area contributed by atoms with Crippen LogP contribution >= 0.6 is 0 Å². The Labute approximate surface area is 172 Å². The molecule has 3 aromatic rings. The number of hydrogen-bond acceptors (Lipinski definition) is 5. The van der Waals surface area contributed by atoms with Crippen LogP contribution in [0.1, 0.15) is 56.5 Å². The van der Waals surface area contributed by atoms with E-state index >= 15 is 0 Å². The van der Waals surface area contributed by atoms with Crippen molar-refractivity contribution in [3.63, 3.8) is 0 Å². The summed E-state index contributed by atoms with van der Waals surface area (Å²) in [6.45, 7) is 4.92. The van der Waals surface area contributed by atoms with E-state index in [-0.39, 0.29) is 5.41 Å². The average Bonchev–Trinajstić information content (AvgIpc) is 3.27. The first-order chi connectivity index (χ1) is 14.0. The summed E-state index contributed by atoms with van der Waals surface area (Å²) in [5, 5.41) is 24.6. The summed E-state index contributed by atoms with van der Waals surface area (Å²) in [6.07, 6.45) is 5.85. The van der Waals surface area contributed by atoms with Crippen molar-refractivity contribution in [2.75, 3.05) is 6.61 Å². The summed E-state index contributed by atoms with van der Waals surface area (Å²) in [4.78, 5) is 0. The van der Waals surface area contributed by atoms with Gasteiger partial charge >= 0.3 is 0 Å². The molecule has 0 aliphatic heterocycles. The Kier molecular flexibility index (Phi) is 7.22. The second-order valence-corrected chi connectivity index (χ2v) is 8.05. The maximum absolute atomic E-state index is 10.3. The highest BCUT2D eigenvalue weighted by Crippen LogP contribution is 2.27. The minimum absolute atomic E-state index is 0.0742. The van der Waals surface area contributed by atoms with Gasteiger partial charge in [-0.15, -0.1) is 10.2 Å². The topological polar surface area (TPSA) is 83.9 Å². The van der Waals surface area contributed by atoms with E-state index < -0.39 is 0 Å². The van der Waals surface area contributed by atoms with Gasteiger partial charge in [0.1, 0.15) is 11.5 Å². The molecule has 0 aliphatic rings. The number of aryl methyl sites for hydroxylation is 2. The van der Waals surface area contributed by atoms with E-state index in [0.29, 0.717) is 12.4 Å². The predicted octanol–water partition coefficient (Wildman–Crippen LogP) is 4.61. The van der Waals surface area contributed by atoms with Crippen LogP contribution in [0.5, 0.6) is 11.5 Å². The first kappa shape index (κ1) is 20.8. The maximum Gasteiger partial charge on any atom is 0.180 e. The molecule has 0 saturated heterocycles. The fourth-order valence-electron chi connectivity index (χ4n) is 3.36. The van der Waals surface area contributed by atoms with Crippen molar-refractivity contribution in [1.82, 2.24) is 20.6 Å². The van der Waals surface area contributed by atoms with Crippen molar-refractivity contribution in [3.8, 4) is 11.5 Å². The van der Waals surface area contributed by atoms with E-state index in [1.54, 1.807) is 6.07 Å². The van der Waals surface area contributed by atoms with Gasteiger partial charge in [-0.3, -0.25) is 0 Å². The van der Waals surface area contributed by atoms with Crippen LogP contribution in [-0.2, 0) is 18.3 Å². The lowest BCUT2D eigenvalue weighted by molar-refractivity contribution is 0.299. The first-order valence-corrected chi connectivity index (χ1v) is 10.3. The van der Waals surface area contributed by atoms with Gasteiger partial charge in [0.05, 0.1) is 6.61 Å². The molecule has 0 amide bonds. The number of H-pyrrole nitrogens is 1. The van der Waals surface area contributed by atoms with E-state index in [9.17, 15) is 5.11 Å². The monoisotopic (exact) mass is 394 g/mol. The Morgan fingerprint density at radius 3 is 2.55 bits per heavy atom. The molecule has 3 rings (SSSR count). The quantitative estimate of drug-likeness (QED) is 0.464. The Morgan fingerprint density at radius 1 is 1.00 bits per heavy atom. The molecule has 2 N–H and O–H groups in total. The molecule has 1 aromatic heterocycles. The summed E-state index contributed by atoms with van der Waals surface area (Å²) < 4.78 is 5.81. The standard InChI is InChI=1S/C23H30N4O2/c1-23(2,22-24-26-27-25-22)15-7-4-8-16-29-20-14-13-19(21(28)17-20)12-11-18-9-5-3-6-10-18/h3,5-6,9-10,13-14,17,28H,4,7-8,11-12,15-16H2,1-2H3,(H,24,25,26,27). The molecule has 6 heteroatoms. The number of rotatable bonds is 11. The first-order valence-electron chi connectivity index (χ1n) is 10.3. The number of aromatic nitrogens is 4. The fourth-order valence-corrected chi connectivity index (χ4v) is 3.36. The SMILES string of the molecule is CC(C)(CCCCCOc1ccc(CCc2ccccc2)c(O)c1)c1nn[nH]n1. The van der Waals surface area contributed by atoms with Crippen LogP contribution in [0, 0.1) is 0 Å². The number of phenols is 1. The molecular weight excluding hydrogens is 364 g/mol. The largest absolute Gasteiger partial charge is 0.508 e. The van der Waals surface area contributed by atoms with E-state index in [2.05, 4.69) is 46.6 Å². The van der Waals surface area contributed by atoms with Crippen LogP contribution in [0.15, 0.2) is 48.5 Å². The molecule has 0 saturated carbocycles. The van der Waals surface area contributed by atoms with Crippen LogP contribution < -0.4 is 4.74 Å². The smallest absolute Gasteiger partial charge is 0.180 e. The highest BCUT2D eigenvalue weighted by atomic mass is 16.5. The minimum Gasteiger partial charge on any atom is -0.508 e. The van der Waals surface area contributed by atoms with E-state index in [1.165, 1.54) is 5.56 Å². The number of nitrogens with zero attached hydrogens (tertiary/aromatic N) is 3. The maximum atomic E-state index is 10.3. The molecular formula is C23H30N4O2. The number of phenolic OH excluding ortho intramolecular Hbond substituents is 1. The van der Waals surface area contributed by atoms with Crippen molar-refractivity contribution in [1.29, 1.82) is 0 Å². The summed E-state index contributed by atoms with van der Waals surface area (Å²) in [6, 6.07) is 15.9. The third-order valence-corrected chi connectivity index (χ3v) is 5.25. The van der Waals surface area contributed by atoms with Crippen LogP contribution in [0.25, 0.3) is 0 Å². The molecule has 0 spiro atoms. The van der Waals surface area contributed by atoms with Crippen LogP contribution in [0.2, 0.25) is 0 Å². The summed E-state index contributed by atoms with van der Waals surface area (Å²) in [5.74, 6) is 1.79. The van der Waals surface area contributed by atoms with Gasteiger partial charge in [-0.25, -0.2) is 0 Å². The molecule has 154 valence electrons. The van der Waals surface area contributed by atoms with Crippen molar-refractivity contribution in [2.45, 2.75) is 57.8 Å². The second-order valence-electron chi connectivity index (χ2n) is 8.05. The number of nitrogens with one attached hydrogen (secondary N) is 1. The molecule has 0 unspecified atom stereocenters. The Hall–Kier alpha value is -2.89. The molecule has 0 radical (unpaired) electrons. The molecule has 6 nitrogen and oxygen atoms in total. The minimum atomic E-state index is -0.0742. The lowest BCUT2D eigenvalue weighted by Gasteiger charge is -2.19. The van der Waals surface area contributed by atoms with E-state index in [0.717, 1.165) is 55.7 Å². The van der Waals surface area contributed by atoms with Crippen molar-refractivity contribution >= 4 is 0 Å². The number of unbranched alkanes of at least 4 members (excludes halogenated alkanes) is 2. The van der Waals surface area contributed by atoms with Crippen molar-refractivity contribution in [3.05, 3.63) is 65.5 Å². The van der Waals surface area contributed by atoms with Crippen LogP contribution in [0.4, 0.5) is 0 Å². The molecule has 0 fully saturated rings. The molecule has 0 aliphatic carbocycles. The highest BCUT2D eigenvalue weighted by molar-refractivity contribution is 5.40. The third-order valence-electron chi connectivity index (χ3n) is 5.25. The van der Waals surface area contributed by atoms with Crippen LogP contribution in [-0.4, -0.2) is 32.3 Å². The number of aromatic hydroxyl groups is 1. The predicted molar refractivity (Wildman–Crippen MR) is 113 cm³/mol. The average molecular weight is 395 g/mol. The summed E-state index contributed by atoms with van der Waals surface area (Å²) in [7, 11) is 0. The summed E-state index contributed by atoms with van der Waals surface area (Å²) >= 11 is 0. The molecule has 0 bridgehead atoms. The normalized spacial score (nSPS) is 11.5. The molecule has 29 heavy (non-hydrogen) atoms. The fraction of sp³-hybridized carbons (Fsp3) is 0.435. The highest BCUT2D eigenvalue weighted by Gasteiger charge is 2.24. The third kappa shape index (κ3) is 6.31. The zero-order valence-electron chi connectivity index (χ0n) is 17.3. The van der Waals surface area contributed by atoms with E-state index in [1.807, 2.05) is 30.3 Å². The number of hydrogen-bond donors (Lipinski definition) is 2. The molecule has 2 aromatic carbocycles. The van der Waals surface area contributed by atoms with Gasteiger partial charge < -0.3 is 9.84 Å². The lowest BCUT2D eigenvalue weighted by Crippen LogP contribution is -2.19. The van der Waals surface area contributed by atoms with Gasteiger partial charge in [0.25, 0.3) is 0 Å². The van der Waals surface area contributed by atoms with Crippen molar-refractivity contribution in [2.24, 2.45) is 0 Å². The van der Waals surface area contributed by atoms with Crippen molar-refractivity contribution < 1.29 is 9.84 Å². The summed E-state index contributed by atoms with van der Waals surface area (Å²) in [5.41, 5.74) is 2.15. The number of benzene rings is 2. The van der Waals surface area contributed by atoms with Gasteiger partial charge in [0.15, 0.2) is 5.82 Å². The Bertz CT molecular complexity index is 864. The zero-order chi connectivity index (χ0) is 20.5. The molecule has 1 heterocycles. The Morgan fingerprint density at radius 2 is 1.83 bits per heavy atom.